The van der Waals surface area contributed by atoms with Crippen molar-refractivity contribution in [1.29, 1.82) is 0 Å². The van der Waals surface area contributed by atoms with Crippen LogP contribution in [-0.4, -0.2) is 24.9 Å². The van der Waals surface area contributed by atoms with Crippen molar-refractivity contribution in [2.24, 2.45) is 17.3 Å². The second-order valence-corrected chi connectivity index (χ2v) is 9.93. The van der Waals surface area contributed by atoms with E-state index >= 15 is 0 Å². The highest BCUT2D eigenvalue weighted by atomic mass is 16.5. The summed E-state index contributed by atoms with van der Waals surface area (Å²) in [5.41, 5.74) is 3.69. The number of hydrogen-bond acceptors (Lipinski definition) is 3. The largest absolute Gasteiger partial charge is 0.374 e. The standard InChI is InChI=1S/C29H37NO3/c1-3-33-20-26(31)25-15-10-11-21(2)28(25)30-27(32)18-24(17-22-12-6-4-7-13-22)29-16-9-5-8-14-23(29)19-29/h4,6-7,10-13,15,23-24H,3,5,8-9,14,16-20H2,1-2H3,(H,30,32). The molecule has 33 heavy (non-hydrogen) atoms. The molecule has 0 radical (unpaired) electrons. The summed E-state index contributed by atoms with van der Waals surface area (Å²) in [6.45, 7) is 4.33. The number of amides is 1. The van der Waals surface area contributed by atoms with Gasteiger partial charge in [0, 0.05) is 18.6 Å². The molecule has 0 bridgehead atoms. The van der Waals surface area contributed by atoms with Gasteiger partial charge >= 0.3 is 0 Å². The molecule has 4 heteroatoms. The van der Waals surface area contributed by atoms with E-state index in [4.69, 9.17) is 4.74 Å². The number of hydrogen-bond donors (Lipinski definition) is 1. The highest BCUT2D eigenvalue weighted by Crippen LogP contribution is 2.65. The van der Waals surface area contributed by atoms with E-state index in [-0.39, 0.29) is 18.3 Å². The fraction of sp³-hybridized carbons (Fsp3) is 0.517. The van der Waals surface area contributed by atoms with Gasteiger partial charge in [0.05, 0.1) is 5.69 Å². The zero-order chi connectivity index (χ0) is 23.3. The van der Waals surface area contributed by atoms with Gasteiger partial charge in [0.2, 0.25) is 5.91 Å². The normalized spacial score (nSPS) is 22.7. The average Bonchev–Trinajstić information content (AvgIpc) is 3.55. The summed E-state index contributed by atoms with van der Waals surface area (Å²) in [7, 11) is 0. The summed E-state index contributed by atoms with van der Waals surface area (Å²) in [4.78, 5) is 26.1. The second-order valence-electron chi connectivity index (χ2n) is 9.93. The van der Waals surface area contributed by atoms with Crippen molar-refractivity contribution in [2.45, 2.75) is 65.2 Å². The van der Waals surface area contributed by atoms with Crippen LogP contribution in [0.2, 0.25) is 0 Å². The first-order valence-electron chi connectivity index (χ1n) is 12.6. The average molecular weight is 448 g/mol. The van der Waals surface area contributed by atoms with E-state index in [1.54, 1.807) is 6.07 Å². The number of fused-ring (bicyclic) bond motifs is 1. The zero-order valence-corrected chi connectivity index (χ0v) is 20.1. The molecule has 0 saturated heterocycles. The second kappa shape index (κ2) is 10.6. The lowest BCUT2D eigenvalue weighted by Gasteiger charge is -2.28. The Balaban J connectivity index is 1.53. The van der Waals surface area contributed by atoms with Crippen molar-refractivity contribution in [3.63, 3.8) is 0 Å². The summed E-state index contributed by atoms with van der Waals surface area (Å²) in [6.07, 6.45) is 9.17. The number of aryl methyl sites for hydroxylation is 1. The predicted octanol–water partition coefficient (Wildman–Crippen LogP) is 6.37. The maximum absolute atomic E-state index is 13.4. The van der Waals surface area contributed by atoms with Crippen molar-refractivity contribution in [2.75, 3.05) is 18.5 Å². The van der Waals surface area contributed by atoms with E-state index in [2.05, 4.69) is 29.6 Å². The minimum Gasteiger partial charge on any atom is -0.374 e. The fourth-order valence-corrected chi connectivity index (χ4v) is 5.95. The Morgan fingerprint density at radius 2 is 1.91 bits per heavy atom. The van der Waals surface area contributed by atoms with Crippen LogP contribution in [0.3, 0.4) is 0 Å². The molecule has 4 nitrogen and oxygen atoms in total. The molecule has 2 aromatic rings. The maximum Gasteiger partial charge on any atom is 0.224 e. The van der Waals surface area contributed by atoms with Crippen LogP contribution in [0.15, 0.2) is 48.5 Å². The molecule has 2 saturated carbocycles. The Labute approximate surface area is 198 Å². The summed E-state index contributed by atoms with van der Waals surface area (Å²) in [5.74, 6) is 1.01. The number of benzene rings is 2. The summed E-state index contributed by atoms with van der Waals surface area (Å²) in [6, 6.07) is 16.2. The van der Waals surface area contributed by atoms with E-state index in [1.807, 2.05) is 32.0 Å². The summed E-state index contributed by atoms with van der Waals surface area (Å²) >= 11 is 0. The zero-order valence-electron chi connectivity index (χ0n) is 20.1. The Kier molecular flexibility index (Phi) is 7.64. The van der Waals surface area contributed by atoms with Crippen LogP contribution in [0.5, 0.6) is 0 Å². The lowest BCUT2D eigenvalue weighted by Crippen LogP contribution is -2.27. The molecule has 2 fully saturated rings. The number of carbonyl (C=O) groups is 2. The number of rotatable bonds is 10. The maximum atomic E-state index is 13.4. The fourth-order valence-electron chi connectivity index (χ4n) is 5.95. The molecule has 2 aromatic carbocycles. The molecular formula is C29H37NO3. The van der Waals surface area contributed by atoms with Gasteiger partial charge in [-0.2, -0.15) is 0 Å². The Morgan fingerprint density at radius 1 is 1.09 bits per heavy atom. The van der Waals surface area contributed by atoms with Gasteiger partial charge in [-0.05, 0) is 74.0 Å². The Hall–Kier alpha value is -2.46. The highest BCUT2D eigenvalue weighted by Gasteiger charge is 2.57. The third kappa shape index (κ3) is 5.55. The third-order valence-corrected chi connectivity index (χ3v) is 7.82. The van der Waals surface area contributed by atoms with E-state index in [1.165, 1.54) is 44.1 Å². The van der Waals surface area contributed by atoms with Gasteiger partial charge in [0.15, 0.2) is 5.78 Å². The quantitative estimate of drug-likeness (QED) is 0.430. The Bertz CT molecular complexity index is 970. The molecule has 3 atom stereocenters. The minimum atomic E-state index is -0.0960. The highest BCUT2D eigenvalue weighted by molar-refractivity contribution is 6.06. The van der Waals surface area contributed by atoms with Crippen molar-refractivity contribution in [3.8, 4) is 0 Å². The van der Waals surface area contributed by atoms with Crippen LogP contribution in [-0.2, 0) is 16.0 Å². The molecule has 3 unspecified atom stereocenters. The Morgan fingerprint density at radius 3 is 2.70 bits per heavy atom. The van der Waals surface area contributed by atoms with Crippen LogP contribution >= 0.6 is 0 Å². The molecular weight excluding hydrogens is 410 g/mol. The molecule has 0 aromatic heterocycles. The number of nitrogens with one attached hydrogen (secondary N) is 1. The number of carbonyl (C=O) groups excluding carboxylic acids is 2. The molecule has 2 aliphatic rings. The first-order valence-corrected chi connectivity index (χ1v) is 12.6. The molecule has 1 amide bonds. The minimum absolute atomic E-state index is 0.0139. The SMILES string of the molecule is CCOCC(=O)c1cccc(C)c1NC(=O)CC(Cc1ccccc1)C12CCCCCC1C2. The van der Waals surface area contributed by atoms with Crippen molar-refractivity contribution in [1.82, 2.24) is 0 Å². The number of anilines is 1. The van der Waals surface area contributed by atoms with E-state index in [9.17, 15) is 9.59 Å². The lowest BCUT2D eigenvalue weighted by atomic mass is 9.77. The van der Waals surface area contributed by atoms with Crippen molar-refractivity contribution >= 4 is 17.4 Å². The van der Waals surface area contributed by atoms with Gasteiger partial charge in [-0.25, -0.2) is 0 Å². The molecule has 0 heterocycles. The molecule has 0 aliphatic heterocycles. The first-order chi connectivity index (χ1) is 16.0. The van der Waals surface area contributed by atoms with Gasteiger partial charge in [-0.15, -0.1) is 0 Å². The van der Waals surface area contributed by atoms with Crippen molar-refractivity contribution < 1.29 is 14.3 Å². The summed E-state index contributed by atoms with van der Waals surface area (Å²) < 4.78 is 5.33. The smallest absolute Gasteiger partial charge is 0.224 e. The number of ketones is 1. The third-order valence-electron chi connectivity index (χ3n) is 7.82. The van der Waals surface area contributed by atoms with Gasteiger partial charge < -0.3 is 10.1 Å². The van der Waals surface area contributed by atoms with Crippen LogP contribution < -0.4 is 5.32 Å². The lowest BCUT2D eigenvalue weighted by molar-refractivity contribution is -0.117. The van der Waals surface area contributed by atoms with Crippen LogP contribution in [0.4, 0.5) is 5.69 Å². The van der Waals surface area contributed by atoms with Gasteiger partial charge in [-0.1, -0.05) is 61.7 Å². The number of Topliss-reactive ketones (excluding diaryl/α,β-unsaturated/α-hetero) is 1. The topological polar surface area (TPSA) is 55.4 Å². The van der Waals surface area contributed by atoms with Gasteiger partial charge in [-0.3, -0.25) is 9.59 Å². The summed E-state index contributed by atoms with van der Waals surface area (Å²) in [5, 5.41) is 3.13. The molecule has 1 N–H and O–H groups in total. The van der Waals surface area contributed by atoms with Crippen LogP contribution in [0.1, 0.15) is 73.4 Å². The van der Waals surface area contributed by atoms with Crippen LogP contribution in [0.25, 0.3) is 0 Å². The van der Waals surface area contributed by atoms with E-state index in [0.717, 1.165) is 17.9 Å². The molecule has 176 valence electrons. The monoisotopic (exact) mass is 447 g/mol. The van der Waals surface area contributed by atoms with Crippen molar-refractivity contribution in [3.05, 3.63) is 65.2 Å². The molecule has 0 spiro atoms. The molecule has 2 aliphatic carbocycles. The van der Waals surface area contributed by atoms with E-state index < -0.39 is 0 Å². The van der Waals surface area contributed by atoms with E-state index in [0.29, 0.717) is 35.6 Å². The molecule has 4 rings (SSSR count). The first kappa shape index (κ1) is 23.7. The van der Waals surface area contributed by atoms with Crippen LogP contribution in [0, 0.1) is 24.2 Å². The van der Waals surface area contributed by atoms with Gasteiger partial charge in [0.25, 0.3) is 0 Å². The van der Waals surface area contributed by atoms with Gasteiger partial charge in [0.1, 0.15) is 6.61 Å². The predicted molar refractivity (Wildman–Crippen MR) is 133 cm³/mol. The number of para-hydroxylation sites is 1. The number of ether oxygens (including phenoxy) is 1.